The van der Waals surface area contributed by atoms with Crippen LogP contribution in [0.5, 0.6) is 0 Å². The van der Waals surface area contributed by atoms with Gasteiger partial charge in [0.25, 0.3) is 0 Å². The SMILES string of the molecule is CC(C)c1cnc(SCC(=O)O)n1C(C)CS(C)(=O)=O. The van der Waals surface area contributed by atoms with Crippen molar-refractivity contribution >= 4 is 27.6 Å². The van der Waals surface area contributed by atoms with Gasteiger partial charge in [0.15, 0.2) is 5.16 Å². The first-order valence-electron chi connectivity index (χ1n) is 6.21. The fraction of sp³-hybridized carbons (Fsp3) is 0.667. The zero-order valence-corrected chi connectivity index (χ0v) is 13.7. The Balaban J connectivity index is 3.11. The predicted molar refractivity (Wildman–Crippen MR) is 79.1 cm³/mol. The molecule has 0 fully saturated rings. The van der Waals surface area contributed by atoms with Gasteiger partial charge in [0.1, 0.15) is 9.84 Å². The molecule has 0 saturated carbocycles. The molecule has 1 N–H and O–H groups in total. The van der Waals surface area contributed by atoms with Gasteiger partial charge >= 0.3 is 5.97 Å². The molecule has 0 radical (unpaired) electrons. The van der Waals surface area contributed by atoms with Crippen molar-refractivity contribution < 1.29 is 18.3 Å². The summed E-state index contributed by atoms with van der Waals surface area (Å²) in [5.74, 6) is -0.834. The van der Waals surface area contributed by atoms with Crippen molar-refractivity contribution in [3.05, 3.63) is 11.9 Å². The van der Waals surface area contributed by atoms with Crippen LogP contribution >= 0.6 is 11.8 Å². The number of rotatable bonds is 7. The van der Waals surface area contributed by atoms with E-state index in [2.05, 4.69) is 4.98 Å². The van der Waals surface area contributed by atoms with Crippen LogP contribution in [0.25, 0.3) is 0 Å². The summed E-state index contributed by atoms with van der Waals surface area (Å²) in [6.07, 6.45) is 2.88. The topological polar surface area (TPSA) is 89.3 Å². The summed E-state index contributed by atoms with van der Waals surface area (Å²) in [5.41, 5.74) is 0.911. The molecule has 0 bridgehead atoms. The van der Waals surface area contributed by atoms with Crippen LogP contribution in [0.1, 0.15) is 38.4 Å². The molecule has 0 saturated heterocycles. The lowest BCUT2D eigenvalue weighted by Gasteiger charge is -2.20. The highest BCUT2D eigenvalue weighted by Crippen LogP contribution is 2.27. The standard InChI is InChI=1S/C12H20N2O4S2/c1-8(2)10-5-13-12(19-6-11(15)16)14(10)9(3)7-20(4,17)18/h5,8-9H,6-7H2,1-4H3,(H,15,16). The highest BCUT2D eigenvalue weighted by molar-refractivity contribution is 7.99. The molecule has 8 heteroatoms. The Morgan fingerprint density at radius 3 is 2.50 bits per heavy atom. The van der Waals surface area contributed by atoms with Gasteiger partial charge in [-0.2, -0.15) is 0 Å². The lowest BCUT2D eigenvalue weighted by Crippen LogP contribution is -2.19. The summed E-state index contributed by atoms with van der Waals surface area (Å²) in [6.45, 7) is 5.79. The van der Waals surface area contributed by atoms with Crippen LogP contribution < -0.4 is 0 Å². The highest BCUT2D eigenvalue weighted by Gasteiger charge is 2.21. The zero-order chi connectivity index (χ0) is 15.5. The first-order chi connectivity index (χ1) is 9.11. The summed E-state index contributed by atoms with van der Waals surface area (Å²) in [7, 11) is -3.11. The molecule has 0 aliphatic rings. The van der Waals surface area contributed by atoms with Crippen molar-refractivity contribution in [3.63, 3.8) is 0 Å². The van der Waals surface area contributed by atoms with Gasteiger partial charge in [0.05, 0.1) is 11.5 Å². The second kappa shape index (κ2) is 6.62. The minimum atomic E-state index is -3.11. The first-order valence-corrected chi connectivity index (χ1v) is 9.26. The summed E-state index contributed by atoms with van der Waals surface area (Å²) in [5, 5.41) is 9.30. The normalized spacial score (nSPS) is 13.7. The van der Waals surface area contributed by atoms with Gasteiger partial charge in [-0.15, -0.1) is 0 Å². The molecule has 0 aliphatic heterocycles. The number of imidazole rings is 1. The molecule has 1 unspecified atom stereocenters. The van der Waals surface area contributed by atoms with Crippen molar-refractivity contribution in [1.82, 2.24) is 9.55 Å². The monoisotopic (exact) mass is 320 g/mol. The number of aliphatic carboxylic acids is 1. The van der Waals surface area contributed by atoms with Gasteiger partial charge in [0.2, 0.25) is 0 Å². The van der Waals surface area contributed by atoms with E-state index in [1.54, 1.807) is 13.1 Å². The summed E-state index contributed by atoms with van der Waals surface area (Å²) >= 11 is 1.11. The molecule has 0 aromatic carbocycles. The van der Waals surface area contributed by atoms with Crippen molar-refractivity contribution in [3.8, 4) is 0 Å². The smallest absolute Gasteiger partial charge is 0.313 e. The number of hydrogen-bond acceptors (Lipinski definition) is 5. The van der Waals surface area contributed by atoms with Crippen molar-refractivity contribution in [2.24, 2.45) is 0 Å². The Hall–Kier alpha value is -1.02. The maximum Gasteiger partial charge on any atom is 0.313 e. The Morgan fingerprint density at radius 1 is 1.45 bits per heavy atom. The molecule has 1 aromatic heterocycles. The van der Waals surface area contributed by atoms with Crippen LogP contribution in [0.15, 0.2) is 11.4 Å². The van der Waals surface area contributed by atoms with E-state index in [1.807, 2.05) is 18.4 Å². The molecule has 1 rings (SSSR count). The molecule has 1 aromatic rings. The number of carbonyl (C=O) groups is 1. The van der Waals surface area contributed by atoms with Crippen molar-refractivity contribution in [1.29, 1.82) is 0 Å². The number of thioether (sulfide) groups is 1. The quantitative estimate of drug-likeness (QED) is 0.770. The van der Waals surface area contributed by atoms with Gasteiger partial charge in [-0.05, 0) is 12.8 Å². The number of sulfone groups is 1. The van der Waals surface area contributed by atoms with Gasteiger partial charge in [-0.3, -0.25) is 4.79 Å². The van der Waals surface area contributed by atoms with E-state index >= 15 is 0 Å². The third kappa shape index (κ3) is 4.82. The second-order valence-corrected chi connectivity index (χ2v) is 8.24. The van der Waals surface area contributed by atoms with Crippen molar-refractivity contribution in [2.75, 3.05) is 17.8 Å². The van der Waals surface area contributed by atoms with E-state index in [0.717, 1.165) is 17.5 Å². The van der Waals surface area contributed by atoms with Crippen LogP contribution in [-0.4, -0.2) is 46.8 Å². The van der Waals surface area contributed by atoms with Crippen LogP contribution in [0.3, 0.4) is 0 Å². The Morgan fingerprint density at radius 2 is 2.05 bits per heavy atom. The molecule has 1 heterocycles. The molecule has 114 valence electrons. The maximum absolute atomic E-state index is 11.5. The number of carboxylic acids is 1. The average Bonchev–Trinajstić information content (AvgIpc) is 2.67. The third-order valence-electron chi connectivity index (χ3n) is 2.69. The number of nitrogens with zero attached hydrogens (tertiary/aromatic N) is 2. The van der Waals surface area contributed by atoms with Gasteiger partial charge in [0, 0.05) is 24.2 Å². The first kappa shape index (κ1) is 17.0. The molecule has 20 heavy (non-hydrogen) atoms. The largest absolute Gasteiger partial charge is 0.481 e. The van der Waals surface area contributed by atoms with E-state index in [-0.39, 0.29) is 23.5 Å². The number of aromatic nitrogens is 2. The molecular weight excluding hydrogens is 300 g/mol. The number of hydrogen-bond donors (Lipinski definition) is 1. The van der Waals surface area contributed by atoms with Crippen LogP contribution in [0.4, 0.5) is 0 Å². The fourth-order valence-electron chi connectivity index (χ4n) is 1.97. The molecule has 1 atom stereocenters. The lowest BCUT2D eigenvalue weighted by molar-refractivity contribution is -0.133. The molecule has 0 amide bonds. The molecule has 6 nitrogen and oxygen atoms in total. The molecule has 0 spiro atoms. The van der Waals surface area contributed by atoms with Crippen LogP contribution in [0, 0.1) is 0 Å². The predicted octanol–water partition coefficient (Wildman–Crippen LogP) is 1.79. The molecule has 0 aliphatic carbocycles. The van der Waals surface area contributed by atoms with Crippen LogP contribution in [-0.2, 0) is 14.6 Å². The summed E-state index contributed by atoms with van der Waals surface area (Å²) in [6, 6.07) is -0.277. The van der Waals surface area contributed by atoms with E-state index < -0.39 is 15.8 Å². The van der Waals surface area contributed by atoms with E-state index in [0.29, 0.717) is 5.16 Å². The van der Waals surface area contributed by atoms with Gasteiger partial charge in [-0.25, -0.2) is 13.4 Å². The van der Waals surface area contributed by atoms with E-state index in [1.165, 1.54) is 6.26 Å². The van der Waals surface area contributed by atoms with Gasteiger partial charge in [-0.1, -0.05) is 25.6 Å². The summed E-state index contributed by atoms with van der Waals surface area (Å²) in [4.78, 5) is 14.9. The average molecular weight is 320 g/mol. The maximum atomic E-state index is 11.5. The second-order valence-electron chi connectivity index (χ2n) is 5.11. The Labute approximate surface area is 123 Å². The van der Waals surface area contributed by atoms with Crippen molar-refractivity contribution in [2.45, 2.75) is 37.9 Å². The lowest BCUT2D eigenvalue weighted by atomic mass is 10.1. The fourth-order valence-corrected chi connectivity index (χ4v) is 3.80. The van der Waals surface area contributed by atoms with E-state index in [4.69, 9.17) is 5.11 Å². The van der Waals surface area contributed by atoms with Gasteiger partial charge < -0.3 is 9.67 Å². The Bertz CT molecular complexity index is 578. The zero-order valence-electron chi connectivity index (χ0n) is 12.0. The highest BCUT2D eigenvalue weighted by atomic mass is 32.2. The van der Waals surface area contributed by atoms with Crippen LogP contribution in [0.2, 0.25) is 0 Å². The van der Waals surface area contributed by atoms with E-state index in [9.17, 15) is 13.2 Å². The minimum absolute atomic E-state index is 0.00368. The minimum Gasteiger partial charge on any atom is -0.481 e. The third-order valence-corrected chi connectivity index (χ3v) is 4.73. The molecular formula is C12H20N2O4S2. The summed E-state index contributed by atoms with van der Waals surface area (Å²) < 4.78 is 24.8. The Kier molecular flexibility index (Phi) is 5.64. The number of carboxylic acid groups (broad SMARTS) is 1.